The first-order valence-electron chi connectivity index (χ1n) is 7.54. The van der Waals surface area contributed by atoms with Crippen LogP contribution in [0.3, 0.4) is 0 Å². The summed E-state index contributed by atoms with van der Waals surface area (Å²) < 4.78 is 32.3. The van der Waals surface area contributed by atoms with Gasteiger partial charge in [-0.2, -0.15) is 4.72 Å². The number of nitrogens with one attached hydrogen (secondary N) is 1. The van der Waals surface area contributed by atoms with Crippen molar-refractivity contribution in [2.24, 2.45) is 5.73 Å². The smallest absolute Gasteiger partial charge is 0.252 e. The molecule has 136 valence electrons. The Kier molecular flexibility index (Phi) is 6.64. The molecule has 0 aliphatic heterocycles. The molecule has 0 bridgehead atoms. The zero-order valence-electron chi connectivity index (χ0n) is 14.0. The van der Waals surface area contributed by atoms with Crippen molar-refractivity contribution in [3.05, 3.63) is 58.6 Å². The highest BCUT2D eigenvalue weighted by molar-refractivity contribution is 7.89. The molecule has 0 radical (unpaired) electrons. The third kappa shape index (κ3) is 5.23. The topological polar surface area (TPSA) is 98.5 Å². The van der Waals surface area contributed by atoms with Gasteiger partial charge in [0.15, 0.2) is 0 Å². The molecule has 2 rings (SSSR count). The number of carbonyl (C=O) groups excluding carboxylic acids is 1. The van der Waals surface area contributed by atoms with Crippen LogP contribution in [0.5, 0.6) is 5.75 Å². The highest BCUT2D eigenvalue weighted by atomic mass is 35.5. The number of amides is 1. The fourth-order valence-electron chi connectivity index (χ4n) is 2.10. The molecule has 0 unspecified atom stereocenters. The average Bonchev–Trinajstić information content (AvgIpc) is 2.60. The van der Waals surface area contributed by atoms with E-state index >= 15 is 0 Å². The molecule has 26 heavy (non-hydrogen) atoms. The molecule has 1 amide bonds. The normalized spacial score (nSPS) is 10.7. The molecule has 0 spiro atoms. The van der Waals surface area contributed by atoms with Gasteiger partial charge in [-0.25, -0.2) is 8.42 Å². The van der Waals surface area contributed by atoms with Crippen LogP contribution >= 0.6 is 11.6 Å². The molecule has 0 aliphatic carbocycles. The Bertz CT molecular complexity index is 978. The molecule has 2 aromatic carbocycles. The number of ether oxygens (including phenoxy) is 1. The summed E-state index contributed by atoms with van der Waals surface area (Å²) in [6, 6.07) is 11.2. The SMILES string of the molecule is Cc1ccc(Cl)cc1S(=O)(=O)NCC#CCOc1ccccc1C(N)=O. The van der Waals surface area contributed by atoms with Crippen LogP contribution in [0, 0.1) is 18.8 Å². The van der Waals surface area contributed by atoms with Crippen molar-refractivity contribution in [1.29, 1.82) is 0 Å². The molecular weight excluding hydrogens is 376 g/mol. The largest absolute Gasteiger partial charge is 0.480 e. The highest BCUT2D eigenvalue weighted by Crippen LogP contribution is 2.19. The maximum Gasteiger partial charge on any atom is 0.252 e. The summed E-state index contributed by atoms with van der Waals surface area (Å²) >= 11 is 5.85. The van der Waals surface area contributed by atoms with Crippen molar-refractivity contribution < 1.29 is 17.9 Å². The van der Waals surface area contributed by atoms with Gasteiger partial charge < -0.3 is 10.5 Å². The highest BCUT2D eigenvalue weighted by Gasteiger charge is 2.16. The molecule has 0 atom stereocenters. The Labute approximate surface area is 157 Å². The Balaban J connectivity index is 1.93. The Morgan fingerprint density at radius 3 is 2.69 bits per heavy atom. The van der Waals surface area contributed by atoms with Gasteiger partial charge in [0.25, 0.3) is 5.91 Å². The van der Waals surface area contributed by atoms with Gasteiger partial charge in [-0.05, 0) is 36.8 Å². The lowest BCUT2D eigenvalue weighted by Crippen LogP contribution is -2.24. The van der Waals surface area contributed by atoms with E-state index in [9.17, 15) is 13.2 Å². The fraction of sp³-hybridized carbons (Fsp3) is 0.167. The molecule has 0 heterocycles. The van der Waals surface area contributed by atoms with Crippen LogP contribution in [0.25, 0.3) is 0 Å². The lowest BCUT2D eigenvalue weighted by molar-refractivity contribution is 0.0997. The number of sulfonamides is 1. The predicted octanol–water partition coefficient (Wildman–Crippen LogP) is 2.11. The van der Waals surface area contributed by atoms with Crippen LogP contribution in [0.1, 0.15) is 15.9 Å². The maximum atomic E-state index is 12.3. The van der Waals surface area contributed by atoms with E-state index in [1.165, 1.54) is 6.07 Å². The minimum atomic E-state index is -3.71. The fourth-order valence-corrected chi connectivity index (χ4v) is 3.52. The number of aryl methyl sites for hydroxylation is 1. The van der Waals surface area contributed by atoms with Gasteiger partial charge >= 0.3 is 0 Å². The number of halogens is 1. The van der Waals surface area contributed by atoms with Crippen LogP contribution in [-0.4, -0.2) is 27.5 Å². The number of rotatable bonds is 6. The summed E-state index contributed by atoms with van der Waals surface area (Å²) in [7, 11) is -3.71. The lowest BCUT2D eigenvalue weighted by Gasteiger charge is -2.07. The molecule has 0 aromatic heterocycles. The predicted molar refractivity (Wildman–Crippen MR) is 99.6 cm³/mol. The summed E-state index contributed by atoms with van der Waals surface area (Å²) in [5.41, 5.74) is 6.09. The van der Waals surface area contributed by atoms with E-state index in [1.807, 2.05) is 0 Å². The van der Waals surface area contributed by atoms with Crippen molar-refractivity contribution in [3.8, 4) is 17.6 Å². The summed E-state index contributed by atoms with van der Waals surface area (Å²) in [4.78, 5) is 11.4. The van der Waals surface area contributed by atoms with Crippen molar-refractivity contribution in [2.45, 2.75) is 11.8 Å². The second-order valence-electron chi connectivity index (χ2n) is 5.24. The van der Waals surface area contributed by atoms with Crippen LogP contribution in [0.15, 0.2) is 47.4 Å². The number of para-hydroxylation sites is 1. The summed E-state index contributed by atoms with van der Waals surface area (Å²) in [6.07, 6.45) is 0. The van der Waals surface area contributed by atoms with Gasteiger partial charge in [-0.1, -0.05) is 41.6 Å². The van der Waals surface area contributed by atoms with E-state index in [-0.39, 0.29) is 23.6 Å². The van der Waals surface area contributed by atoms with Gasteiger partial charge in [0.05, 0.1) is 17.0 Å². The van der Waals surface area contributed by atoms with Crippen LogP contribution in [0.4, 0.5) is 0 Å². The summed E-state index contributed by atoms with van der Waals surface area (Å²) in [5.74, 6) is 5.05. The van der Waals surface area contributed by atoms with Gasteiger partial charge in [0, 0.05) is 5.02 Å². The van der Waals surface area contributed by atoms with Crippen LogP contribution in [0.2, 0.25) is 5.02 Å². The quantitative estimate of drug-likeness (QED) is 0.735. The average molecular weight is 393 g/mol. The molecule has 0 aliphatic rings. The van der Waals surface area contributed by atoms with E-state index in [4.69, 9.17) is 22.1 Å². The summed E-state index contributed by atoms with van der Waals surface area (Å²) in [6.45, 7) is 1.58. The first-order chi connectivity index (χ1) is 12.3. The Morgan fingerprint density at radius 2 is 1.96 bits per heavy atom. The van der Waals surface area contributed by atoms with E-state index in [1.54, 1.807) is 43.3 Å². The number of carbonyl (C=O) groups is 1. The van der Waals surface area contributed by atoms with Gasteiger partial charge in [0.2, 0.25) is 10.0 Å². The van der Waals surface area contributed by atoms with Crippen molar-refractivity contribution in [1.82, 2.24) is 4.72 Å². The molecule has 3 N–H and O–H groups in total. The first kappa shape index (κ1) is 19.8. The number of hydrogen-bond donors (Lipinski definition) is 2. The standard InChI is InChI=1S/C18H17ClN2O4S/c1-13-8-9-14(19)12-17(13)26(23,24)21-10-4-5-11-25-16-7-3-2-6-15(16)18(20)22/h2-3,6-9,12,21H,10-11H2,1H3,(H2,20,22). The van der Waals surface area contributed by atoms with E-state index < -0.39 is 15.9 Å². The maximum absolute atomic E-state index is 12.3. The van der Waals surface area contributed by atoms with E-state index in [0.29, 0.717) is 16.3 Å². The Morgan fingerprint density at radius 1 is 1.23 bits per heavy atom. The van der Waals surface area contributed by atoms with Crippen molar-refractivity contribution in [2.75, 3.05) is 13.2 Å². The molecule has 2 aromatic rings. The monoisotopic (exact) mass is 392 g/mol. The first-order valence-corrected chi connectivity index (χ1v) is 9.40. The number of primary amides is 1. The minimum Gasteiger partial charge on any atom is -0.480 e. The number of nitrogens with two attached hydrogens (primary N) is 1. The minimum absolute atomic E-state index is 0.0117. The van der Waals surface area contributed by atoms with E-state index in [2.05, 4.69) is 16.6 Å². The lowest BCUT2D eigenvalue weighted by atomic mass is 10.2. The molecule has 0 fully saturated rings. The third-order valence-electron chi connectivity index (χ3n) is 3.37. The van der Waals surface area contributed by atoms with Crippen molar-refractivity contribution in [3.63, 3.8) is 0 Å². The zero-order valence-corrected chi connectivity index (χ0v) is 15.5. The second-order valence-corrected chi connectivity index (χ2v) is 7.41. The van der Waals surface area contributed by atoms with Gasteiger partial charge in [-0.3, -0.25) is 4.79 Å². The summed E-state index contributed by atoms with van der Waals surface area (Å²) in [5, 5.41) is 0.337. The van der Waals surface area contributed by atoms with Gasteiger partial charge in [0.1, 0.15) is 12.4 Å². The number of benzene rings is 2. The molecular formula is C18H17ClN2O4S. The number of hydrogen-bond acceptors (Lipinski definition) is 4. The second kappa shape index (κ2) is 8.72. The zero-order chi connectivity index (χ0) is 19.2. The van der Waals surface area contributed by atoms with Crippen molar-refractivity contribution >= 4 is 27.5 Å². The van der Waals surface area contributed by atoms with Crippen LogP contribution < -0.4 is 15.2 Å². The Hall–Kier alpha value is -2.53. The molecule has 0 saturated carbocycles. The molecule has 0 saturated heterocycles. The molecule has 8 heteroatoms. The van der Waals surface area contributed by atoms with Gasteiger partial charge in [-0.15, -0.1) is 0 Å². The van der Waals surface area contributed by atoms with E-state index in [0.717, 1.165) is 0 Å². The molecule has 6 nitrogen and oxygen atoms in total. The third-order valence-corrected chi connectivity index (χ3v) is 5.15. The van der Waals surface area contributed by atoms with Crippen LogP contribution in [-0.2, 0) is 10.0 Å².